The number of rotatable bonds is 11. The summed E-state index contributed by atoms with van der Waals surface area (Å²) in [6.07, 6.45) is 5.21. The van der Waals surface area contributed by atoms with Crippen LogP contribution in [-0.2, 0) is 17.8 Å². The zero-order valence-electron chi connectivity index (χ0n) is 29.9. The average Bonchev–Trinajstić information content (AvgIpc) is 3.51. The summed E-state index contributed by atoms with van der Waals surface area (Å²) in [5, 5.41) is 16.5. The lowest BCUT2D eigenvalue weighted by Crippen LogP contribution is -2.49. The van der Waals surface area contributed by atoms with E-state index in [-0.39, 0.29) is 17.7 Å². The molecule has 3 N–H and O–H groups in total. The number of nitrogens with one attached hydrogen (secondary N) is 2. The van der Waals surface area contributed by atoms with Crippen LogP contribution in [0, 0.1) is 0 Å². The van der Waals surface area contributed by atoms with Crippen LogP contribution in [0.3, 0.4) is 0 Å². The third kappa shape index (κ3) is 7.29. The number of carbonyl (C=O) groups excluding carboxylic acids is 2. The number of aryl methyl sites for hydroxylation is 1. The summed E-state index contributed by atoms with van der Waals surface area (Å²) in [4.78, 5) is 27.4. The van der Waals surface area contributed by atoms with Gasteiger partial charge in [-0.2, -0.15) is 0 Å². The minimum absolute atomic E-state index is 0.0800. The van der Waals surface area contributed by atoms with Crippen molar-refractivity contribution in [2.24, 2.45) is 0 Å². The second-order valence-electron chi connectivity index (χ2n) is 14.5. The van der Waals surface area contributed by atoms with Gasteiger partial charge in [0.1, 0.15) is 17.5 Å². The van der Waals surface area contributed by atoms with Crippen molar-refractivity contribution in [2.75, 3.05) is 18.5 Å². The van der Waals surface area contributed by atoms with Gasteiger partial charge in [-0.25, -0.2) is 0 Å². The molecule has 7 nitrogen and oxygen atoms in total. The Balaban J connectivity index is 0.814. The van der Waals surface area contributed by atoms with Crippen LogP contribution in [0.1, 0.15) is 82.1 Å². The van der Waals surface area contributed by atoms with Crippen molar-refractivity contribution in [3.05, 3.63) is 161 Å². The average molecular weight is 704 g/mol. The van der Waals surface area contributed by atoms with Gasteiger partial charge in [-0.15, -0.1) is 0 Å². The van der Waals surface area contributed by atoms with Crippen LogP contribution in [0.5, 0.6) is 11.5 Å². The molecule has 2 aliphatic heterocycles. The molecule has 3 atom stereocenters. The maximum atomic E-state index is 13.1. The van der Waals surface area contributed by atoms with Crippen molar-refractivity contribution in [1.29, 1.82) is 0 Å². The summed E-state index contributed by atoms with van der Waals surface area (Å²) in [7, 11) is 0. The van der Waals surface area contributed by atoms with Crippen LogP contribution >= 0.6 is 0 Å². The fourth-order valence-electron chi connectivity index (χ4n) is 8.31. The van der Waals surface area contributed by atoms with Gasteiger partial charge >= 0.3 is 0 Å². The highest BCUT2D eigenvalue weighted by Gasteiger charge is 2.38. The van der Waals surface area contributed by atoms with Gasteiger partial charge in [0.05, 0.1) is 6.61 Å². The first-order chi connectivity index (χ1) is 25.9. The largest absolute Gasteiger partial charge is 0.508 e. The summed E-state index contributed by atoms with van der Waals surface area (Å²) >= 11 is 0. The molecule has 0 saturated carbocycles. The van der Waals surface area contributed by atoms with Gasteiger partial charge in [0.2, 0.25) is 5.91 Å². The topological polar surface area (TPSA) is 90.9 Å². The Kier molecular flexibility index (Phi) is 9.72. The molecule has 0 bridgehead atoms. The van der Waals surface area contributed by atoms with Gasteiger partial charge in [0.15, 0.2) is 0 Å². The van der Waals surface area contributed by atoms with Crippen molar-refractivity contribution in [3.63, 3.8) is 0 Å². The number of benzene rings is 5. The molecule has 268 valence electrons. The molecule has 0 aromatic heterocycles. The number of piperidine rings is 1. The second-order valence-corrected chi connectivity index (χ2v) is 14.5. The molecule has 8 rings (SSSR count). The van der Waals surface area contributed by atoms with Crippen LogP contribution in [0.25, 0.3) is 11.1 Å². The number of allylic oxidation sites excluding steroid dienone is 1. The number of amides is 2. The number of aromatic hydroxyl groups is 1. The van der Waals surface area contributed by atoms with E-state index in [1.165, 1.54) is 22.3 Å². The summed E-state index contributed by atoms with van der Waals surface area (Å²) in [6, 6.07) is 39.1. The Hall–Kier alpha value is -5.82. The number of ether oxygens (including phenoxy) is 1. The zero-order chi connectivity index (χ0) is 36.3. The van der Waals surface area contributed by atoms with E-state index >= 15 is 0 Å². The number of anilines is 1. The summed E-state index contributed by atoms with van der Waals surface area (Å²) in [5.41, 5.74) is 10.7. The van der Waals surface area contributed by atoms with Gasteiger partial charge in [-0.3, -0.25) is 9.59 Å². The molecule has 5 aromatic rings. The predicted octanol–water partition coefficient (Wildman–Crippen LogP) is 8.94. The van der Waals surface area contributed by atoms with E-state index in [4.69, 9.17) is 4.74 Å². The fourth-order valence-corrected chi connectivity index (χ4v) is 8.31. The van der Waals surface area contributed by atoms with E-state index in [2.05, 4.69) is 108 Å². The molecule has 53 heavy (non-hydrogen) atoms. The first kappa shape index (κ1) is 34.3. The van der Waals surface area contributed by atoms with Crippen molar-refractivity contribution in [3.8, 4) is 22.6 Å². The Morgan fingerprint density at radius 1 is 0.792 bits per heavy atom. The van der Waals surface area contributed by atoms with E-state index in [1.807, 2.05) is 24.3 Å². The molecule has 5 aromatic carbocycles. The molecule has 0 radical (unpaired) electrons. The van der Waals surface area contributed by atoms with E-state index in [0.717, 1.165) is 60.4 Å². The number of phenolic OH excluding ortho intramolecular Hbond substituents is 1. The second kappa shape index (κ2) is 15.0. The van der Waals surface area contributed by atoms with E-state index < -0.39 is 6.04 Å². The molecule has 2 heterocycles. The number of phenols is 1. The first-order valence-electron chi connectivity index (χ1n) is 18.8. The minimum Gasteiger partial charge on any atom is -0.508 e. The number of carbonyl (C=O) groups is 2. The van der Waals surface area contributed by atoms with Gasteiger partial charge in [0.25, 0.3) is 5.91 Å². The van der Waals surface area contributed by atoms with Crippen LogP contribution in [0.4, 0.5) is 5.69 Å². The first-order valence-corrected chi connectivity index (χ1v) is 18.8. The van der Waals surface area contributed by atoms with Gasteiger partial charge in [0, 0.05) is 36.0 Å². The highest BCUT2D eigenvalue weighted by atomic mass is 16.5. The van der Waals surface area contributed by atoms with Crippen molar-refractivity contribution in [2.45, 2.75) is 62.9 Å². The van der Waals surface area contributed by atoms with Crippen LogP contribution in [0.15, 0.2) is 128 Å². The Morgan fingerprint density at radius 2 is 1.58 bits per heavy atom. The maximum absolute atomic E-state index is 13.1. The standard InChI is InChI=1S/C46H45N3O4/c1-30-9-24-43(45(51)48-30)49-29-36-27-34(14-22-42(36)46(49)52)31-10-16-37(17-11-31)47-25-5-6-26-53-39-19-12-33(13-20-39)44-40(32-7-3-2-4-8-32)21-15-35-28-38(50)18-23-41(35)44/h2-4,7-8,10-14,16-20,22-23,27-28,40,43-44,47,50H,1,5-6,9,15,21,24-26,29H2,(H,48,51)/t40-,43+,44+/m1/s1. The predicted molar refractivity (Wildman–Crippen MR) is 209 cm³/mol. The molecule has 1 aliphatic carbocycles. The molecule has 1 saturated heterocycles. The van der Waals surface area contributed by atoms with E-state index in [1.54, 1.807) is 4.90 Å². The SMILES string of the molecule is C=C1CC[C@H](N2Cc3cc(-c4ccc(NCCCCOc5ccc([C@@H]6c7ccc(O)cc7CC[C@@H]6c6ccccc6)cc5)cc4)ccc3C2=O)C(=O)N1. The summed E-state index contributed by atoms with van der Waals surface area (Å²) < 4.78 is 6.14. The van der Waals surface area contributed by atoms with E-state index in [0.29, 0.717) is 48.9 Å². The summed E-state index contributed by atoms with van der Waals surface area (Å²) in [5.74, 6) is 1.58. The maximum Gasteiger partial charge on any atom is 0.255 e. The molecular weight excluding hydrogens is 659 g/mol. The van der Waals surface area contributed by atoms with Crippen LogP contribution < -0.4 is 15.4 Å². The normalized spacial score (nSPS) is 19.4. The lowest BCUT2D eigenvalue weighted by atomic mass is 9.69. The Morgan fingerprint density at radius 3 is 2.38 bits per heavy atom. The lowest BCUT2D eigenvalue weighted by Gasteiger charge is -2.34. The molecular formula is C46H45N3O4. The Bertz CT molecular complexity index is 2130. The number of hydrogen-bond donors (Lipinski definition) is 3. The molecule has 2 amide bonds. The van der Waals surface area contributed by atoms with Crippen molar-refractivity contribution < 1.29 is 19.4 Å². The zero-order valence-corrected chi connectivity index (χ0v) is 29.9. The number of hydrogen-bond acceptors (Lipinski definition) is 5. The number of nitrogens with zero attached hydrogens (tertiary/aromatic N) is 1. The Labute approximate surface area is 311 Å². The molecule has 3 aliphatic rings. The van der Waals surface area contributed by atoms with Crippen molar-refractivity contribution >= 4 is 17.5 Å². The molecule has 0 unspecified atom stereocenters. The quantitative estimate of drug-likeness (QED) is 0.120. The highest BCUT2D eigenvalue weighted by Crippen LogP contribution is 2.47. The van der Waals surface area contributed by atoms with Gasteiger partial charge in [-0.1, -0.05) is 73.3 Å². The van der Waals surface area contributed by atoms with Crippen LogP contribution in [0.2, 0.25) is 0 Å². The molecule has 7 heteroatoms. The monoisotopic (exact) mass is 703 g/mol. The minimum atomic E-state index is -0.454. The smallest absolute Gasteiger partial charge is 0.255 e. The number of fused-ring (bicyclic) bond motifs is 2. The van der Waals surface area contributed by atoms with Gasteiger partial charge in [-0.05, 0) is 132 Å². The van der Waals surface area contributed by atoms with Gasteiger partial charge < -0.3 is 25.4 Å². The van der Waals surface area contributed by atoms with Crippen molar-refractivity contribution in [1.82, 2.24) is 10.2 Å². The molecule has 0 spiro atoms. The summed E-state index contributed by atoms with van der Waals surface area (Å²) in [6.45, 7) is 5.79. The molecule has 1 fully saturated rings. The highest BCUT2D eigenvalue weighted by molar-refractivity contribution is 6.02. The lowest BCUT2D eigenvalue weighted by molar-refractivity contribution is -0.126. The fraction of sp³-hybridized carbons (Fsp3) is 0.261. The van der Waals surface area contributed by atoms with E-state index in [9.17, 15) is 14.7 Å². The third-order valence-corrected chi connectivity index (χ3v) is 11.1. The third-order valence-electron chi connectivity index (χ3n) is 11.1. The van der Waals surface area contributed by atoms with Crippen LogP contribution in [-0.4, -0.2) is 41.0 Å². The number of unbranched alkanes of at least 4 members (excludes halogenated alkanes) is 1.